The first-order chi connectivity index (χ1) is 10.2. The molecule has 0 aliphatic rings. The van der Waals surface area contributed by atoms with Crippen molar-refractivity contribution in [3.05, 3.63) is 54.1 Å². The zero-order valence-corrected chi connectivity index (χ0v) is 16.4. The van der Waals surface area contributed by atoms with Crippen LogP contribution in [0.4, 0.5) is 0 Å². The number of hydrogen-bond donors (Lipinski definition) is 2. The van der Waals surface area contributed by atoms with Crippen molar-refractivity contribution in [3.63, 3.8) is 0 Å². The Morgan fingerprint density at radius 2 is 1.68 bits per heavy atom. The van der Waals surface area contributed by atoms with Crippen molar-refractivity contribution in [2.45, 2.75) is 0 Å². The van der Waals surface area contributed by atoms with Crippen molar-refractivity contribution in [1.82, 2.24) is 0 Å². The molecule has 2 aromatic carbocycles. The molecule has 22 heavy (non-hydrogen) atoms. The van der Waals surface area contributed by atoms with E-state index in [0.29, 0.717) is 5.56 Å². The number of carbonyl (C=O) groups excluding carboxylic acids is 1. The molecule has 0 spiro atoms. The van der Waals surface area contributed by atoms with Gasteiger partial charge in [-0.05, 0) is 23.2 Å². The molecule has 5 nitrogen and oxygen atoms in total. The van der Waals surface area contributed by atoms with Crippen LogP contribution < -0.4 is 10.0 Å². The van der Waals surface area contributed by atoms with E-state index in [4.69, 9.17) is 40.1 Å². The molecule has 10 heteroatoms. The van der Waals surface area contributed by atoms with E-state index in [1.54, 1.807) is 30.3 Å². The Bertz CT molecular complexity index is 653. The van der Waals surface area contributed by atoms with E-state index in [0.717, 1.165) is 6.07 Å². The van der Waals surface area contributed by atoms with Gasteiger partial charge in [0.25, 0.3) is 0 Å². The van der Waals surface area contributed by atoms with Crippen LogP contribution in [0.3, 0.4) is 0 Å². The molecule has 0 atom stereocenters. The Kier molecular flexibility index (Phi) is 8.44. The van der Waals surface area contributed by atoms with E-state index in [2.05, 4.69) is 0 Å². The average Bonchev–Trinajstić information content (AvgIpc) is 2.87. The summed E-state index contributed by atoms with van der Waals surface area (Å²) in [5.41, 5.74) is 0.372. The van der Waals surface area contributed by atoms with Gasteiger partial charge in [-0.1, -0.05) is 18.2 Å². The predicted molar refractivity (Wildman–Crippen MR) is 82.7 cm³/mol. The second-order valence-corrected chi connectivity index (χ2v) is 16.6. The number of rotatable bonds is 3. The van der Waals surface area contributed by atoms with Crippen LogP contribution in [-0.4, -0.2) is 15.8 Å². The Hall–Kier alpha value is -0.0569. The molecular formula is C12H10Cl3O5PZr-. The van der Waals surface area contributed by atoms with E-state index in [1.807, 2.05) is 0 Å². The molecule has 0 unspecified atom stereocenters. The second kappa shape index (κ2) is 9.29. The van der Waals surface area contributed by atoms with Crippen LogP contribution in [0.25, 0.3) is 0 Å². The maximum atomic E-state index is 11.7. The standard InChI is InChI=1S/C12H10O5P.3ClH.Zr/c13-12(9-4-2-1-3-5-9)17-10-6-7-11(8-10)18(14,15)16;;;;/h1-8H,(H2,14,15,16);3*1H;/q-1;;;;+3/p-3. The molecule has 0 bridgehead atoms. The molecule has 0 fully saturated rings. The van der Waals surface area contributed by atoms with Gasteiger partial charge in [0.2, 0.25) is 0 Å². The van der Waals surface area contributed by atoms with E-state index < -0.39 is 31.7 Å². The first-order valence-electron chi connectivity index (χ1n) is 5.63. The molecule has 0 radical (unpaired) electrons. The van der Waals surface area contributed by atoms with Crippen molar-refractivity contribution in [2.24, 2.45) is 0 Å². The SMILES string of the molecule is O=C(Oc1cc[c-](P(=O)(O)O)c1)c1ccccc1.[Cl][Zr]([Cl])[Cl]. The Balaban J connectivity index is 0.000000541. The molecular weight excluding hydrogens is 453 g/mol. The normalized spacial score (nSPS) is 10.4. The number of ether oxygens (including phenoxy) is 1. The fourth-order valence-corrected chi connectivity index (χ4v) is 1.96. The summed E-state index contributed by atoms with van der Waals surface area (Å²) in [6.07, 6.45) is 0. The summed E-state index contributed by atoms with van der Waals surface area (Å²) in [5.74, 6) is -0.458. The summed E-state index contributed by atoms with van der Waals surface area (Å²) >= 11 is -2.13. The summed E-state index contributed by atoms with van der Waals surface area (Å²) in [4.78, 5) is 29.5. The molecule has 0 saturated heterocycles. The van der Waals surface area contributed by atoms with Crippen molar-refractivity contribution in [1.29, 1.82) is 0 Å². The summed E-state index contributed by atoms with van der Waals surface area (Å²) in [7, 11) is 10.7. The summed E-state index contributed by atoms with van der Waals surface area (Å²) in [6, 6.07) is 12.1. The fourth-order valence-electron chi connectivity index (χ4n) is 1.39. The maximum absolute atomic E-state index is 11.7. The van der Waals surface area contributed by atoms with Crippen LogP contribution in [0.15, 0.2) is 48.5 Å². The Morgan fingerprint density at radius 1 is 1.14 bits per heavy atom. The molecule has 2 N–H and O–H groups in total. The van der Waals surface area contributed by atoms with E-state index >= 15 is 0 Å². The molecule has 0 heterocycles. The van der Waals surface area contributed by atoms with Crippen LogP contribution in [0.1, 0.15) is 10.4 Å². The van der Waals surface area contributed by atoms with Gasteiger partial charge in [0.05, 0.1) is 5.56 Å². The zero-order valence-electron chi connectivity index (χ0n) is 10.8. The molecule has 0 aliphatic carbocycles. The summed E-state index contributed by atoms with van der Waals surface area (Å²) in [6.45, 7) is 0. The monoisotopic (exact) mass is 460 g/mol. The van der Waals surface area contributed by atoms with Crippen LogP contribution in [0.5, 0.6) is 5.75 Å². The molecule has 0 aliphatic heterocycles. The molecule has 0 saturated carbocycles. The van der Waals surface area contributed by atoms with Gasteiger partial charge in [-0.15, -0.1) is 6.07 Å². The van der Waals surface area contributed by atoms with Gasteiger partial charge in [-0.3, -0.25) is 4.57 Å². The average molecular weight is 463 g/mol. The fraction of sp³-hybridized carbons (Fsp3) is 0. The van der Waals surface area contributed by atoms with Gasteiger partial charge in [0.15, 0.2) is 0 Å². The van der Waals surface area contributed by atoms with Gasteiger partial charge in [0, 0.05) is 0 Å². The number of benzene rings is 1. The van der Waals surface area contributed by atoms with Crippen molar-refractivity contribution >= 4 is 44.4 Å². The topological polar surface area (TPSA) is 83.8 Å². The first-order valence-corrected chi connectivity index (χ1v) is 16.7. The van der Waals surface area contributed by atoms with E-state index in [1.165, 1.54) is 12.1 Å². The Morgan fingerprint density at radius 3 is 2.14 bits per heavy atom. The second-order valence-electron chi connectivity index (χ2n) is 3.82. The van der Waals surface area contributed by atoms with Crippen LogP contribution in [0, 0.1) is 0 Å². The zero-order chi connectivity index (χ0) is 16.8. The minimum atomic E-state index is -4.30. The van der Waals surface area contributed by atoms with Gasteiger partial charge in [-0.2, -0.15) is 12.1 Å². The minimum absolute atomic E-state index is 0.113. The van der Waals surface area contributed by atoms with E-state index in [9.17, 15) is 9.36 Å². The summed E-state index contributed by atoms with van der Waals surface area (Å²) in [5, 5.41) is -0.168. The van der Waals surface area contributed by atoms with Gasteiger partial charge in [0.1, 0.15) is 0 Å². The van der Waals surface area contributed by atoms with Crippen molar-refractivity contribution < 1.29 is 42.1 Å². The molecule has 2 aromatic rings. The molecule has 119 valence electrons. The van der Waals surface area contributed by atoms with Gasteiger partial charge in [-0.25, -0.2) is 4.79 Å². The third-order valence-corrected chi connectivity index (χ3v) is 3.22. The number of halogens is 3. The quantitative estimate of drug-likeness (QED) is 0.414. The van der Waals surface area contributed by atoms with Gasteiger partial charge < -0.3 is 14.5 Å². The van der Waals surface area contributed by atoms with Crippen LogP contribution >= 0.6 is 33.1 Å². The molecule has 0 aromatic heterocycles. The number of carbonyl (C=O) groups is 1. The molecule has 2 rings (SSSR count). The first kappa shape index (κ1) is 20.0. The third-order valence-electron chi connectivity index (χ3n) is 2.26. The summed E-state index contributed by atoms with van der Waals surface area (Å²) < 4.78 is 15.9. The van der Waals surface area contributed by atoms with Crippen LogP contribution in [0.2, 0.25) is 0 Å². The predicted octanol–water partition coefficient (Wildman–Crippen LogP) is 3.49. The van der Waals surface area contributed by atoms with Crippen molar-refractivity contribution in [2.75, 3.05) is 0 Å². The van der Waals surface area contributed by atoms with Crippen LogP contribution in [-0.2, 0) is 22.7 Å². The third kappa shape index (κ3) is 7.47. The van der Waals surface area contributed by atoms with E-state index in [-0.39, 0.29) is 11.1 Å². The van der Waals surface area contributed by atoms with Crippen molar-refractivity contribution in [3.8, 4) is 5.75 Å². The van der Waals surface area contributed by atoms with Gasteiger partial charge >= 0.3 is 57.3 Å². The molecule has 0 amide bonds. The number of hydrogen-bond acceptors (Lipinski definition) is 3. The Labute approximate surface area is 145 Å². The number of esters is 1.